The minimum absolute atomic E-state index is 0.145. The van der Waals surface area contributed by atoms with Gasteiger partial charge in [-0.3, -0.25) is 4.57 Å². The summed E-state index contributed by atoms with van der Waals surface area (Å²) in [5, 5.41) is 0. The zero-order valence-electron chi connectivity index (χ0n) is 10.1. The lowest BCUT2D eigenvalue weighted by atomic mass is 10.2. The Morgan fingerprint density at radius 3 is 2.37 bits per heavy atom. The van der Waals surface area contributed by atoms with E-state index in [4.69, 9.17) is 12.2 Å². The van der Waals surface area contributed by atoms with Crippen molar-refractivity contribution in [1.82, 2.24) is 9.55 Å². The molecule has 96 valence electrons. The number of rotatable bonds is 1. The summed E-state index contributed by atoms with van der Waals surface area (Å²) in [5.41, 5.74) is 2.20. The number of nitrogens with zero attached hydrogens (tertiary/aromatic N) is 1. The van der Waals surface area contributed by atoms with Gasteiger partial charge in [-0.15, -0.1) is 0 Å². The zero-order chi connectivity index (χ0) is 13.6. The van der Waals surface area contributed by atoms with Crippen LogP contribution < -0.4 is 0 Å². The molecular weight excluding hydrogens is 266 g/mol. The van der Waals surface area contributed by atoms with Crippen LogP contribution in [-0.4, -0.2) is 9.55 Å². The van der Waals surface area contributed by atoms with Gasteiger partial charge in [0.1, 0.15) is 17.3 Å². The van der Waals surface area contributed by atoms with E-state index in [2.05, 4.69) is 4.98 Å². The first-order valence-corrected chi connectivity index (χ1v) is 6.15. The molecule has 0 radical (unpaired) electrons. The van der Waals surface area contributed by atoms with Crippen LogP contribution >= 0.6 is 12.2 Å². The Balaban J connectivity index is 2.50. The molecule has 0 unspecified atom stereocenters. The molecule has 0 aliphatic carbocycles. The van der Waals surface area contributed by atoms with Crippen molar-refractivity contribution in [3.8, 4) is 5.69 Å². The van der Waals surface area contributed by atoms with Crippen molar-refractivity contribution in [3.05, 3.63) is 58.4 Å². The highest BCUT2D eigenvalue weighted by Gasteiger charge is 2.16. The average molecular weight is 276 g/mol. The third-order valence-corrected chi connectivity index (χ3v) is 3.35. The second kappa shape index (κ2) is 4.28. The van der Waals surface area contributed by atoms with Crippen LogP contribution in [0.15, 0.2) is 36.4 Å². The molecule has 1 aromatic heterocycles. The van der Waals surface area contributed by atoms with E-state index in [1.807, 2.05) is 25.1 Å². The number of nitrogens with one attached hydrogen (secondary N) is 1. The third-order valence-electron chi connectivity index (χ3n) is 3.07. The monoisotopic (exact) mass is 276 g/mol. The van der Waals surface area contributed by atoms with Crippen molar-refractivity contribution in [2.24, 2.45) is 0 Å². The van der Waals surface area contributed by atoms with E-state index in [1.165, 1.54) is 22.8 Å². The number of benzene rings is 2. The van der Waals surface area contributed by atoms with Crippen LogP contribution in [0, 0.1) is 23.3 Å². The van der Waals surface area contributed by atoms with E-state index in [0.29, 0.717) is 5.52 Å². The molecule has 0 saturated heterocycles. The largest absolute Gasteiger partial charge is 0.330 e. The van der Waals surface area contributed by atoms with Crippen LogP contribution in [-0.2, 0) is 0 Å². The predicted molar refractivity (Wildman–Crippen MR) is 73.1 cm³/mol. The summed E-state index contributed by atoms with van der Waals surface area (Å²) >= 11 is 5.19. The minimum Gasteiger partial charge on any atom is -0.330 e. The quantitative estimate of drug-likeness (QED) is 0.658. The van der Waals surface area contributed by atoms with Gasteiger partial charge < -0.3 is 4.98 Å². The molecule has 3 aromatic rings. The molecule has 2 aromatic carbocycles. The first-order valence-electron chi connectivity index (χ1n) is 5.74. The number of imidazole rings is 1. The molecule has 0 amide bonds. The van der Waals surface area contributed by atoms with Gasteiger partial charge in [-0.05, 0) is 42.9 Å². The molecule has 0 atom stereocenters. The summed E-state index contributed by atoms with van der Waals surface area (Å²) in [6.07, 6.45) is 0. The second-order valence-corrected chi connectivity index (χ2v) is 4.69. The first kappa shape index (κ1) is 12.0. The molecule has 5 heteroatoms. The summed E-state index contributed by atoms with van der Waals surface area (Å²) in [7, 11) is 0. The average Bonchev–Trinajstić information content (AvgIpc) is 2.67. The van der Waals surface area contributed by atoms with Crippen LogP contribution in [0.2, 0.25) is 0 Å². The minimum atomic E-state index is -0.639. The normalized spacial score (nSPS) is 11.1. The Hall–Kier alpha value is -2.01. The van der Waals surface area contributed by atoms with Gasteiger partial charge in [-0.25, -0.2) is 8.78 Å². The van der Waals surface area contributed by atoms with Gasteiger partial charge >= 0.3 is 0 Å². The molecule has 0 aliphatic heterocycles. The van der Waals surface area contributed by atoms with E-state index in [-0.39, 0.29) is 10.5 Å². The van der Waals surface area contributed by atoms with Crippen LogP contribution in [0.25, 0.3) is 16.7 Å². The Morgan fingerprint density at radius 2 is 1.68 bits per heavy atom. The number of fused-ring (bicyclic) bond motifs is 1. The number of hydrogen-bond donors (Lipinski definition) is 1. The molecule has 3 rings (SSSR count). The van der Waals surface area contributed by atoms with Crippen LogP contribution in [0.1, 0.15) is 5.56 Å². The lowest BCUT2D eigenvalue weighted by molar-refractivity contribution is 0.570. The van der Waals surface area contributed by atoms with E-state index in [1.54, 1.807) is 0 Å². The number of aromatic nitrogens is 2. The van der Waals surface area contributed by atoms with Crippen molar-refractivity contribution >= 4 is 23.3 Å². The van der Waals surface area contributed by atoms with Gasteiger partial charge in [0.2, 0.25) is 0 Å². The molecule has 0 saturated carbocycles. The number of aromatic amines is 1. The highest BCUT2D eigenvalue weighted by Crippen LogP contribution is 2.26. The number of para-hydroxylation sites is 2. The Kier molecular flexibility index (Phi) is 2.71. The van der Waals surface area contributed by atoms with Crippen molar-refractivity contribution in [2.75, 3.05) is 0 Å². The van der Waals surface area contributed by atoms with Crippen LogP contribution in [0.3, 0.4) is 0 Å². The van der Waals surface area contributed by atoms with Gasteiger partial charge in [0, 0.05) is 0 Å². The number of hydrogen-bond acceptors (Lipinski definition) is 1. The number of aryl methyl sites for hydroxylation is 1. The van der Waals surface area contributed by atoms with Gasteiger partial charge in [-0.2, -0.15) is 0 Å². The Labute approximate surface area is 113 Å². The fourth-order valence-electron chi connectivity index (χ4n) is 2.25. The summed E-state index contributed by atoms with van der Waals surface area (Å²) in [6, 6.07) is 9.34. The fourth-order valence-corrected chi connectivity index (χ4v) is 2.54. The summed E-state index contributed by atoms with van der Waals surface area (Å²) in [4.78, 5) is 2.97. The van der Waals surface area contributed by atoms with Gasteiger partial charge in [-0.1, -0.05) is 18.2 Å². The first-order chi connectivity index (χ1) is 9.09. The maximum atomic E-state index is 13.9. The molecule has 1 N–H and O–H groups in total. The van der Waals surface area contributed by atoms with Crippen molar-refractivity contribution in [2.45, 2.75) is 6.92 Å². The van der Waals surface area contributed by atoms with Gasteiger partial charge in [0.15, 0.2) is 4.77 Å². The van der Waals surface area contributed by atoms with E-state index >= 15 is 0 Å². The highest BCUT2D eigenvalue weighted by molar-refractivity contribution is 7.71. The zero-order valence-corrected chi connectivity index (χ0v) is 10.9. The maximum Gasteiger partial charge on any atom is 0.182 e. The molecule has 0 bridgehead atoms. The standard InChI is InChI=1S/C14H10F2N2S/c1-8-4-2-7-11-12(8)18(14(19)17-11)13-9(15)5-3-6-10(13)16/h2-7H,1H3,(H,17,19). The number of halogens is 2. The van der Waals surface area contributed by atoms with E-state index in [9.17, 15) is 8.78 Å². The SMILES string of the molecule is Cc1cccc2[nH]c(=S)n(-c3c(F)cccc3F)c12. The number of H-pyrrole nitrogens is 1. The lowest BCUT2D eigenvalue weighted by Gasteiger charge is -2.08. The molecule has 19 heavy (non-hydrogen) atoms. The van der Waals surface area contributed by atoms with Crippen molar-refractivity contribution < 1.29 is 8.78 Å². The van der Waals surface area contributed by atoms with E-state index in [0.717, 1.165) is 11.1 Å². The maximum absolute atomic E-state index is 13.9. The molecule has 0 spiro atoms. The van der Waals surface area contributed by atoms with Crippen LogP contribution in [0.5, 0.6) is 0 Å². The molecule has 1 heterocycles. The molecular formula is C14H10F2N2S. The summed E-state index contributed by atoms with van der Waals surface area (Å²) in [6.45, 7) is 1.88. The Bertz CT molecular complexity index is 813. The highest BCUT2D eigenvalue weighted by atomic mass is 32.1. The van der Waals surface area contributed by atoms with Crippen molar-refractivity contribution in [3.63, 3.8) is 0 Å². The molecule has 0 aliphatic rings. The summed E-state index contributed by atoms with van der Waals surface area (Å²) in [5.74, 6) is -1.28. The van der Waals surface area contributed by atoms with Crippen LogP contribution in [0.4, 0.5) is 8.78 Å². The Morgan fingerprint density at radius 1 is 1.05 bits per heavy atom. The lowest BCUT2D eigenvalue weighted by Crippen LogP contribution is -2.02. The van der Waals surface area contributed by atoms with Gasteiger partial charge in [0.25, 0.3) is 0 Å². The summed E-state index contributed by atoms with van der Waals surface area (Å²) < 4.78 is 29.5. The fraction of sp³-hybridized carbons (Fsp3) is 0.0714. The molecule has 2 nitrogen and oxygen atoms in total. The predicted octanol–water partition coefficient (Wildman–Crippen LogP) is 4.27. The van der Waals surface area contributed by atoms with E-state index < -0.39 is 11.6 Å². The third kappa shape index (κ3) is 1.77. The topological polar surface area (TPSA) is 20.7 Å². The smallest absolute Gasteiger partial charge is 0.182 e. The second-order valence-electron chi connectivity index (χ2n) is 4.31. The van der Waals surface area contributed by atoms with Crippen molar-refractivity contribution in [1.29, 1.82) is 0 Å². The molecule has 0 fully saturated rings. The van der Waals surface area contributed by atoms with Gasteiger partial charge in [0.05, 0.1) is 11.0 Å².